The van der Waals surface area contributed by atoms with Crippen LogP contribution in [0.3, 0.4) is 0 Å². The van der Waals surface area contributed by atoms with Gasteiger partial charge in [-0.2, -0.15) is 0 Å². The first-order valence-corrected chi connectivity index (χ1v) is 8.23. The number of hydrogen-bond donors (Lipinski definition) is 0. The molecule has 2 aliphatic heterocycles. The maximum atomic E-state index is 13.2. The molecule has 0 saturated heterocycles. The van der Waals surface area contributed by atoms with Gasteiger partial charge in [0.25, 0.3) is 0 Å². The largest absolute Gasteiger partial charge is 0.295 e. The Labute approximate surface area is 140 Å². The van der Waals surface area contributed by atoms with Gasteiger partial charge in [0.15, 0.2) is 0 Å². The Morgan fingerprint density at radius 1 is 0.826 bits per heavy atom. The van der Waals surface area contributed by atoms with Crippen LogP contribution in [0.25, 0.3) is 11.1 Å². The average Bonchev–Trinajstić information content (AvgIpc) is 2.58. The Morgan fingerprint density at radius 3 is 1.91 bits per heavy atom. The van der Waals surface area contributed by atoms with Crippen molar-refractivity contribution >= 4 is 22.7 Å². The molecule has 3 heteroatoms. The minimum atomic E-state index is -0.191. The molecule has 0 spiro atoms. The van der Waals surface area contributed by atoms with Gasteiger partial charge in [0, 0.05) is 30.6 Å². The standard InChI is InChI=1S/C20H17ClFN/c21-16-5-1-14(2-6-16)18-9-11-23-12-10-19(20(18)13-23)15-3-7-17(22)8-4-15/h1-10,20H,11-13H2. The maximum absolute atomic E-state index is 13.2. The van der Waals surface area contributed by atoms with Crippen molar-refractivity contribution in [2.75, 3.05) is 19.6 Å². The molecule has 2 aromatic carbocycles. The van der Waals surface area contributed by atoms with E-state index in [0.717, 1.165) is 30.2 Å². The Bertz CT molecular complexity index is 709. The van der Waals surface area contributed by atoms with E-state index in [2.05, 4.69) is 29.2 Å². The Kier molecular flexibility index (Phi) is 3.80. The summed E-state index contributed by atoms with van der Waals surface area (Å²) >= 11 is 6.02. The fourth-order valence-corrected chi connectivity index (χ4v) is 3.63. The molecule has 2 aliphatic rings. The smallest absolute Gasteiger partial charge is 0.123 e. The number of fused-ring (bicyclic) bond motifs is 2. The molecule has 2 unspecified atom stereocenters. The molecular formula is C20H17ClFN. The van der Waals surface area contributed by atoms with Crippen LogP contribution < -0.4 is 0 Å². The van der Waals surface area contributed by atoms with Gasteiger partial charge in [0.05, 0.1) is 0 Å². The summed E-state index contributed by atoms with van der Waals surface area (Å²) in [7, 11) is 0. The van der Waals surface area contributed by atoms with Gasteiger partial charge in [-0.3, -0.25) is 4.90 Å². The highest BCUT2D eigenvalue weighted by Crippen LogP contribution is 2.40. The zero-order valence-corrected chi connectivity index (χ0v) is 13.4. The molecule has 2 bridgehead atoms. The van der Waals surface area contributed by atoms with E-state index in [0.29, 0.717) is 5.92 Å². The lowest BCUT2D eigenvalue weighted by atomic mass is 9.79. The number of nitrogens with zero attached hydrogens (tertiary/aromatic N) is 1. The lowest BCUT2D eigenvalue weighted by Gasteiger charge is -2.38. The number of benzene rings is 2. The Balaban J connectivity index is 1.73. The van der Waals surface area contributed by atoms with Gasteiger partial charge in [0.2, 0.25) is 0 Å². The predicted molar refractivity (Wildman–Crippen MR) is 93.7 cm³/mol. The van der Waals surface area contributed by atoms with Gasteiger partial charge < -0.3 is 0 Å². The molecule has 0 saturated carbocycles. The van der Waals surface area contributed by atoms with Crippen LogP contribution >= 0.6 is 11.6 Å². The van der Waals surface area contributed by atoms with Crippen molar-refractivity contribution in [3.63, 3.8) is 0 Å². The van der Waals surface area contributed by atoms with E-state index in [-0.39, 0.29) is 5.82 Å². The predicted octanol–water partition coefficient (Wildman–Crippen LogP) is 4.89. The van der Waals surface area contributed by atoms with Crippen molar-refractivity contribution in [1.82, 2.24) is 4.90 Å². The van der Waals surface area contributed by atoms with Crippen molar-refractivity contribution < 1.29 is 4.39 Å². The van der Waals surface area contributed by atoms with Crippen molar-refractivity contribution in [3.8, 4) is 0 Å². The molecule has 0 aromatic heterocycles. The molecule has 2 heterocycles. The van der Waals surface area contributed by atoms with Gasteiger partial charge in [-0.05, 0) is 46.5 Å². The van der Waals surface area contributed by atoms with Crippen LogP contribution in [-0.4, -0.2) is 24.5 Å². The normalized spacial score (nSPS) is 23.2. The number of hydrogen-bond acceptors (Lipinski definition) is 1. The Morgan fingerprint density at radius 2 is 1.35 bits per heavy atom. The molecule has 4 rings (SSSR count). The van der Waals surface area contributed by atoms with E-state index in [1.807, 2.05) is 24.3 Å². The van der Waals surface area contributed by atoms with Gasteiger partial charge in [-0.25, -0.2) is 4.39 Å². The molecular weight excluding hydrogens is 309 g/mol. The minimum Gasteiger partial charge on any atom is -0.295 e. The lowest BCUT2D eigenvalue weighted by molar-refractivity contribution is 0.302. The van der Waals surface area contributed by atoms with Crippen LogP contribution in [-0.2, 0) is 0 Å². The third-order valence-electron chi connectivity index (χ3n) is 4.69. The second-order valence-corrected chi connectivity index (χ2v) is 6.54. The highest BCUT2D eigenvalue weighted by atomic mass is 35.5. The monoisotopic (exact) mass is 325 g/mol. The van der Waals surface area contributed by atoms with E-state index in [4.69, 9.17) is 11.6 Å². The number of rotatable bonds is 2. The van der Waals surface area contributed by atoms with Crippen LogP contribution in [0.1, 0.15) is 11.1 Å². The molecule has 23 heavy (non-hydrogen) atoms. The van der Waals surface area contributed by atoms with Crippen LogP contribution in [0.4, 0.5) is 4.39 Å². The third kappa shape index (κ3) is 2.85. The van der Waals surface area contributed by atoms with Crippen molar-refractivity contribution in [2.45, 2.75) is 0 Å². The van der Waals surface area contributed by atoms with E-state index in [1.54, 1.807) is 0 Å². The number of halogens is 2. The fraction of sp³-hybridized carbons (Fsp3) is 0.200. The first kappa shape index (κ1) is 14.7. The highest BCUT2D eigenvalue weighted by molar-refractivity contribution is 6.30. The van der Waals surface area contributed by atoms with Crippen LogP contribution in [0.2, 0.25) is 5.02 Å². The molecule has 2 atom stereocenters. The van der Waals surface area contributed by atoms with E-state index < -0.39 is 0 Å². The quantitative estimate of drug-likeness (QED) is 0.759. The summed E-state index contributed by atoms with van der Waals surface area (Å²) in [5.41, 5.74) is 4.96. The first-order valence-electron chi connectivity index (χ1n) is 7.85. The maximum Gasteiger partial charge on any atom is 0.123 e. The molecule has 2 aromatic rings. The topological polar surface area (TPSA) is 3.24 Å². The van der Waals surface area contributed by atoms with Crippen molar-refractivity contribution in [1.29, 1.82) is 0 Å². The third-order valence-corrected chi connectivity index (χ3v) is 4.94. The van der Waals surface area contributed by atoms with Gasteiger partial charge >= 0.3 is 0 Å². The van der Waals surface area contributed by atoms with Crippen LogP contribution in [0, 0.1) is 11.7 Å². The van der Waals surface area contributed by atoms with E-state index in [9.17, 15) is 4.39 Å². The van der Waals surface area contributed by atoms with E-state index >= 15 is 0 Å². The SMILES string of the molecule is Fc1ccc(C2=CCN3CC=C(c4ccc(Cl)cc4)C2C3)cc1. The lowest BCUT2D eigenvalue weighted by Crippen LogP contribution is -2.38. The van der Waals surface area contributed by atoms with Gasteiger partial charge in [0.1, 0.15) is 5.82 Å². The molecule has 0 fully saturated rings. The summed E-state index contributed by atoms with van der Waals surface area (Å²) in [5.74, 6) is 0.132. The second kappa shape index (κ2) is 5.95. The molecule has 116 valence electrons. The zero-order chi connectivity index (χ0) is 15.8. The van der Waals surface area contributed by atoms with E-state index in [1.165, 1.54) is 28.8 Å². The summed E-state index contributed by atoms with van der Waals surface area (Å²) in [5, 5.41) is 0.754. The zero-order valence-electron chi connectivity index (χ0n) is 12.7. The summed E-state index contributed by atoms with van der Waals surface area (Å²) in [6.45, 7) is 2.94. The van der Waals surface area contributed by atoms with Crippen LogP contribution in [0.5, 0.6) is 0 Å². The Hall–Kier alpha value is -1.90. The molecule has 0 radical (unpaired) electrons. The average molecular weight is 326 g/mol. The second-order valence-electron chi connectivity index (χ2n) is 6.10. The first-order chi connectivity index (χ1) is 11.2. The summed E-state index contributed by atoms with van der Waals surface area (Å²) in [6.07, 6.45) is 4.60. The summed E-state index contributed by atoms with van der Waals surface area (Å²) in [4.78, 5) is 2.43. The summed E-state index contributed by atoms with van der Waals surface area (Å²) < 4.78 is 13.2. The minimum absolute atomic E-state index is 0.191. The molecule has 0 amide bonds. The van der Waals surface area contributed by atoms with Crippen molar-refractivity contribution in [3.05, 3.63) is 82.6 Å². The van der Waals surface area contributed by atoms with Crippen molar-refractivity contribution in [2.24, 2.45) is 5.92 Å². The molecule has 1 nitrogen and oxygen atoms in total. The highest BCUT2D eigenvalue weighted by Gasteiger charge is 2.30. The molecule has 0 aliphatic carbocycles. The summed E-state index contributed by atoms with van der Waals surface area (Å²) in [6, 6.07) is 14.9. The van der Waals surface area contributed by atoms with Crippen LogP contribution in [0.15, 0.2) is 60.7 Å². The van der Waals surface area contributed by atoms with Gasteiger partial charge in [-0.15, -0.1) is 0 Å². The fourth-order valence-electron chi connectivity index (χ4n) is 3.51. The van der Waals surface area contributed by atoms with Gasteiger partial charge in [-0.1, -0.05) is 48.0 Å². The molecule has 0 N–H and O–H groups in total.